The number of piperidine rings is 1. The fourth-order valence-corrected chi connectivity index (χ4v) is 5.53. The fraction of sp³-hybridized carbons (Fsp3) is 0.947. The quantitative estimate of drug-likeness (QED) is 0.847. The van der Waals surface area contributed by atoms with Gasteiger partial charge in [0.15, 0.2) is 0 Å². The van der Waals surface area contributed by atoms with Crippen molar-refractivity contribution < 1.29 is 4.79 Å². The van der Waals surface area contributed by atoms with Crippen LogP contribution in [0.3, 0.4) is 0 Å². The second-order valence-electron chi connectivity index (χ2n) is 9.29. The lowest BCUT2D eigenvalue weighted by atomic mass is 9.67. The summed E-state index contributed by atoms with van der Waals surface area (Å²) in [6, 6.07) is 0. The van der Waals surface area contributed by atoms with Crippen molar-refractivity contribution in [1.29, 1.82) is 0 Å². The summed E-state index contributed by atoms with van der Waals surface area (Å²) < 4.78 is 0. The van der Waals surface area contributed by atoms with E-state index in [1.807, 2.05) is 0 Å². The number of nitrogens with zero attached hydrogens (tertiary/aromatic N) is 1. The maximum atomic E-state index is 12.7. The number of likely N-dealkylation sites (tertiary alicyclic amines) is 1. The molecule has 0 aromatic heterocycles. The first-order chi connectivity index (χ1) is 10.4. The normalized spacial score (nSPS) is 34.0. The highest BCUT2D eigenvalue weighted by Gasteiger charge is 2.39. The third kappa shape index (κ3) is 3.67. The molecule has 3 fully saturated rings. The molecule has 2 unspecified atom stereocenters. The number of amides is 1. The Labute approximate surface area is 136 Å². The molecule has 3 aliphatic rings. The van der Waals surface area contributed by atoms with Crippen LogP contribution in [0.5, 0.6) is 0 Å². The van der Waals surface area contributed by atoms with Gasteiger partial charge in [0.1, 0.15) is 0 Å². The molecule has 2 heterocycles. The lowest BCUT2D eigenvalue weighted by molar-refractivity contribution is -0.135. The maximum absolute atomic E-state index is 12.7. The van der Waals surface area contributed by atoms with E-state index in [0.29, 0.717) is 22.7 Å². The van der Waals surface area contributed by atoms with E-state index in [0.717, 1.165) is 25.4 Å². The predicted octanol–water partition coefficient (Wildman–Crippen LogP) is 3.44. The Kier molecular flexibility index (Phi) is 4.55. The van der Waals surface area contributed by atoms with E-state index in [1.165, 1.54) is 51.6 Å². The summed E-state index contributed by atoms with van der Waals surface area (Å²) in [6.45, 7) is 11.4. The molecule has 3 rings (SSSR count). The summed E-state index contributed by atoms with van der Waals surface area (Å²) in [7, 11) is 0. The van der Waals surface area contributed by atoms with Crippen LogP contribution in [0.15, 0.2) is 0 Å². The number of carbonyl (C=O) groups is 1. The van der Waals surface area contributed by atoms with E-state index in [9.17, 15) is 4.79 Å². The maximum Gasteiger partial charge on any atom is 0.222 e. The molecular weight excluding hydrogens is 272 g/mol. The van der Waals surface area contributed by atoms with Crippen LogP contribution < -0.4 is 5.32 Å². The molecular formula is C19H34N2O. The Morgan fingerprint density at radius 2 is 1.91 bits per heavy atom. The van der Waals surface area contributed by atoms with Crippen LogP contribution in [0.25, 0.3) is 0 Å². The molecule has 1 N–H and O–H groups in total. The molecule has 22 heavy (non-hydrogen) atoms. The fourth-order valence-electron chi connectivity index (χ4n) is 5.53. The Morgan fingerprint density at radius 3 is 2.50 bits per heavy atom. The van der Waals surface area contributed by atoms with Gasteiger partial charge in [-0.2, -0.15) is 0 Å². The van der Waals surface area contributed by atoms with Gasteiger partial charge in [-0.3, -0.25) is 4.79 Å². The summed E-state index contributed by atoms with van der Waals surface area (Å²) in [5.74, 6) is 1.81. The monoisotopic (exact) mass is 306 g/mol. The number of rotatable bonds is 2. The minimum Gasteiger partial charge on any atom is -0.343 e. The molecule has 3 heteroatoms. The Hall–Kier alpha value is -0.570. The molecule has 0 radical (unpaired) electrons. The van der Waals surface area contributed by atoms with Gasteiger partial charge in [0.05, 0.1) is 0 Å². The Balaban J connectivity index is 1.50. The van der Waals surface area contributed by atoms with Gasteiger partial charge in [0.25, 0.3) is 0 Å². The molecule has 1 spiro atoms. The smallest absolute Gasteiger partial charge is 0.222 e. The van der Waals surface area contributed by atoms with E-state index in [1.54, 1.807) is 0 Å². The van der Waals surface area contributed by atoms with E-state index in [4.69, 9.17) is 0 Å². The van der Waals surface area contributed by atoms with E-state index < -0.39 is 0 Å². The van der Waals surface area contributed by atoms with Crippen molar-refractivity contribution >= 4 is 5.91 Å². The summed E-state index contributed by atoms with van der Waals surface area (Å²) >= 11 is 0. The first-order valence-corrected chi connectivity index (χ1v) is 9.36. The van der Waals surface area contributed by atoms with E-state index in [-0.39, 0.29) is 0 Å². The first-order valence-electron chi connectivity index (χ1n) is 9.36. The van der Waals surface area contributed by atoms with Crippen molar-refractivity contribution in [2.24, 2.45) is 22.7 Å². The van der Waals surface area contributed by atoms with Gasteiger partial charge in [0.2, 0.25) is 5.91 Å². The van der Waals surface area contributed by atoms with Crippen molar-refractivity contribution in [1.82, 2.24) is 10.2 Å². The van der Waals surface area contributed by atoms with Crippen molar-refractivity contribution in [2.75, 3.05) is 26.2 Å². The van der Waals surface area contributed by atoms with Crippen LogP contribution in [0, 0.1) is 22.7 Å². The first kappa shape index (κ1) is 16.3. The molecule has 0 aromatic rings. The largest absolute Gasteiger partial charge is 0.343 e. The summed E-state index contributed by atoms with van der Waals surface area (Å²) in [5, 5.41) is 3.50. The summed E-state index contributed by atoms with van der Waals surface area (Å²) in [4.78, 5) is 14.9. The summed E-state index contributed by atoms with van der Waals surface area (Å²) in [5.41, 5.74) is 0.933. The van der Waals surface area contributed by atoms with Crippen LogP contribution >= 0.6 is 0 Å². The third-order valence-corrected chi connectivity index (χ3v) is 6.45. The summed E-state index contributed by atoms with van der Waals surface area (Å²) in [6.07, 6.45) is 8.30. The molecule has 0 bridgehead atoms. The highest BCUT2D eigenvalue weighted by molar-refractivity contribution is 5.76. The van der Waals surface area contributed by atoms with Gasteiger partial charge in [-0.25, -0.2) is 0 Å². The molecule has 0 aromatic carbocycles. The lowest BCUT2D eigenvalue weighted by Crippen LogP contribution is -2.44. The zero-order valence-electron chi connectivity index (χ0n) is 14.8. The van der Waals surface area contributed by atoms with Gasteiger partial charge in [-0.1, -0.05) is 20.8 Å². The van der Waals surface area contributed by atoms with E-state index >= 15 is 0 Å². The van der Waals surface area contributed by atoms with Crippen molar-refractivity contribution in [3.63, 3.8) is 0 Å². The minimum atomic E-state index is 0.421. The highest BCUT2D eigenvalue weighted by Crippen LogP contribution is 2.43. The number of nitrogens with one attached hydrogen (secondary N) is 1. The molecule has 3 nitrogen and oxygen atoms in total. The standard InChI is InChI=1S/C19H34N2O/c1-15-10-16(13-18(2,3)12-15)11-17(22)21-8-5-19(6-9-21)4-7-20-14-19/h15-16,20H,4-14H2,1-3H3. The lowest BCUT2D eigenvalue weighted by Gasteiger charge is -2.41. The van der Waals surface area contributed by atoms with Gasteiger partial charge < -0.3 is 10.2 Å². The zero-order valence-corrected chi connectivity index (χ0v) is 14.8. The third-order valence-electron chi connectivity index (χ3n) is 6.45. The minimum absolute atomic E-state index is 0.421. The van der Waals surface area contributed by atoms with Crippen LogP contribution in [-0.2, 0) is 4.79 Å². The Bertz CT molecular complexity index is 402. The molecule has 126 valence electrons. The van der Waals surface area contributed by atoms with Gasteiger partial charge in [-0.15, -0.1) is 0 Å². The van der Waals surface area contributed by atoms with E-state index in [2.05, 4.69) is 31.0 Å². The second-order valence-corrected chi connectivity index (χ2v) is 9.29. The Morgan fingerprint density at radius 1 is 1.18 bits per heavy atom. The average Bonchev–Trinajstić information content (AvgIpc) is 2.85. The van der Waals surface area contributed by atoms with Gasteiger partial charge in [-0.05, 0) is 67.7 Å². The number of hydrogen-bond donors (Lipinski definition) is 1. The second kappa shape index (κ2) is 6.14. The zero-order chi connectivity index (χ0) is 15.8. The SMILES string of the molecule is CC1CC(CC(=O)N2CCC3(CCNC3)CC2)CC(C)(C)C1. The molecule has 1 saturated carbocycles. The van der Waals surface area contributed by atoms with Crippen LogP contribution in [0.2, 0.25) is 0 Å². The molecule has 2 saturated heterocycles. The highest BCUT2D eigenvalue weighted by atomic mass is 16.2. The molecule has 1 amide bonds. The molecule has 1 aliphatic carbocycles. The van der Waals surface area contributed by atoms with Crippen molar-refractivity contribution in [3.8, 4) is 0 Å². The molecule has 2 atom stereocenters. The van der Waals surface area contributed by atoms with Crippen molar-refractivity contribution in [3.05, 3.63) is 0 Å². The van der Waals surface area contributed by atoms with Crippen LogP contribution in [-0.4, -0.2) is 37.0 Å². The predicted molar refractivity (Wildman–Crippen MR) is 90.6 cm³/mol. The van der Waals surface area contributed by atoms with Crippen LogP contribution in [0.1, 0.15) is 65.7 Å². The van der Waals surface area contributed by atoms with Crippen molar-refractivity contribution in [2.45, 2.75) is 65.7 Å². The number of hydrogen-bond acceptors (Lipinski definition) is 2. The topological polar surface area (TPSA) is 32.3 Å². The van der Waals surface area contributed by atoms with Gasteiger partial charge in [0, 0.05) is 26.1 Å². The van der Waals surface area contributed by atoms with Gasteiger partial charge >= 0.3 is 0 Å². The number of carbonyl (C=O) groups excluding carboxylic acids is 1. The molecule has 2 aliphatic heterocycles. The average molecular weight is 306 g/mol. The van der Waals surface area contributed by atoms with Crippen LogP contribution in [0.4, 0.5) is 0 Å².